The number of halogens is 6. The van der Waals surface area contributed by atoms with E-state index in [1.54, 1.807) is 6.92 Å². The van der Waals surface area contributed by atoms with E-state index in [1.807, 2.05) is 0 Å². The summed E-state index contributed by atoms with van der Waals surface area (Å²) in [5.41, 5.74) is 0. The molecule has 1 saturated carbocycles. The minimum Gasteiger partial charge on any atom is -0.392 e. The summed E-state index contributed by atoms with van der Waals surface area (Å²) in [7, 11) is 0. The van der Waals surface area contributed by atoms with Gasteiger partial charge in [-0.05, 0) is 24.7 Å². The van der Waals surface area contributed by atoms with Gasteiger partial charge in [0.25, 0.3) is 0 Å². The Morgan fingerprint density at radius 3 is 1.89 bits per heavy atom. The van der Waals surface area contributed by atoms with E-state index in [2.05, 4.69) is 0 Å². The molecule has 0 aromatic heterocycles. The van der Waals surface area contributed by atoms with Crippen molar-refractivity contribution in [2.75, 3.05) is 0 Å². The zero-order chi connectivity index (χ0) is 14.1. The molecule has 0 heterocycles. The van der Waals surface area contributed by atoms with Crippen molar-refractivity contribution in [1.29, 1.82) is 0 Å². The zero-order valence-electron chi connectivity index (χ0n) is 9.85. The molecule has 0 radical (unpaired) electrons. The van der Waals surface area contributed by atoms with E-state index in [1.165, 1.54) is 0 Å². The maximum absolute atomic E-state index is 12.4. The van der Waals surface area contributed by atoms with Crippen molar-refractivity contribution in [3.05, 3.63) is 0 Å². The molecule has 0 amide bonds. The summed E-state index contributed by atoms with van der Waals surface area (Å²) in [5, 5.41) is 9.48. The van der Waals surface area contributed by atoms with Gasteiger partial charge in [0.2, 0.25) is 0 Å². The van der Waals surface area contributed by atoms with E-state index < -0.39 is 30.3 Å². The molecule has 1 nitrogen and oxygen atoms in total. The molecule has 1 N–H and O–H groups in total. The molecular weight excluding hydrogens is 262 g/mol. The van der Waals surface area contributed by atoms with Gasteiger partial charge in [-0.2, -0.15) is 26.3 Å². The molecule has 0 spiro atoms. The Morgan fingerprint density at radius 1 is 1.00 bits per heavy atom. The summed E-state index contributed by atoms with van der Waals surface area (Å²) < 4.78 is 74.6. The average Bonchev–Trinajstić information content (AvgIpc) is 2.12. The Hall–Kier alpha value is -0.460. The van der Waals surface area contributed by atoms with Crippen LogP contribution in [0.5, 0.6) is 0 Å². The van der Waals surface area contributed by atoms with Crippen LogP contribution in [0.15, 0.2) is 0 Å². The van der Waals surface area contributed by atoms with Crippen molar-refractivity contribution in [1.82, 2.24) is 0 Å². The maximum atomic E-state index is 12.4. The lowest BCUT2D eigenvalue weighted by Crippen LogP contribution is -2.48. The van der Waals surface area contributed by atoms with E-state index in [-0.39, 0.29) is 18.8 Å². The van der Waals surface area contributed by atoms with E-state index in [0.29, 0.717) is 6.42 Å². The molecule has 1 rings (SSSR count). The smallest absolute Gasteiger partial charge is 0.392 e. The molecule has 3 unspecified atom stereocenters. The molecule has 7 heteroatoms. The van der Waals surface area contributed by atoms with Gasteiger partial charge in [0.05, 0.1) is 6.10 Å². The molecule has 0 bridgehead atoms. The fourth-order valence-electron chi connectivity index (χ4n) is 2.64. The lowest BCUT2D eigenvalue weighted by Gasteiger charge is -2.36. The van der Waals surface area contributed by atoms with E-state index in [0.717, 1.165) is 6.42 Å². The Labute approximate surface area is 101 Å². The standard InChI is InChI=1S/C11H16F6O/c1-6-3-2-4-7(5-6)8(18)9(10(12,13)14)11(15,16)17/h6-9,18H,2-5H2,1H3. The van der Waals surface area contributed by atoms with Crippen LogP contribution in [-0.2, 0) is 0 Å². The number of hydrogen-bond acceptors (Lipinski definition) is 1. The minimum atomic E-state index is -5.46. The molecule has 0 aromatic rings. The fourth-order valence-corrected chi connectivity index (χ4v) is 2.64. The number of aliphatic hydroxyl groups excluding tert-OH is 1. The van der Waals surface area contributed by atoms with Crippen molar-refractivity contribution in [3.8, 4) is 0 Å². The summed E-state index contributed by atoms with van der Waals surface area (Å²) in [6.45, 7) is 1.77. The van der Waals surface area contributed by atoms with Gasteiger partial charge in [-0.3, -0.25) is 0 Å². The van der Waals surface area contributed by atoms with Crippen LogP contribution >= 0.6 is 0 Å². The number of aliphatic hydroxyl groups is 1. The highest BCUT2D eigenvalue weighted by atomic mass is 19.4. The molecule has 18 heavy (non-hydrogen) atoms. The predicted molar refractivity (Wildman–Crippen MR) is 52.7 cm³/mol. The zero-order valence-corrected chi connectivity index (χ0v) is 9.85. The van der Waals surface area contributed by atoms with Gasteiger partial charge in [-0.25, -0.2) is 0 Å². The fraction of sp³-hybridized carbons (Fsp3) is 1.00. The first kappa shape index (κ1) is 15.6. The number of rotatable bonds is 2. The summed E-state index contributed by atoms with van der Waals surface area (Å²) in [6, 6.07) is 0. The highest BCUT2D eigenvalue weighted by molar-refractivity contribution is 4.88. The molecule has 1 aliphatic rings. The first-order chi connectivity index (χ1) is 8.03. The molecule has 0 saturated heterocycles. The Kier molecular flexibility index (Phi) is 4.56. The third-order valence-electron chi connectivity index (χ3n) is 3.51. The van der Waals surface area contributed by atoms with E-state index >= 15 is 0 Å². The van der Waals surface area contributed by atoms with Crippen LogP contribution in [0.2, 0.25) is 0 Å². The van der Waals surface area contributed by atoms with Crippen LogP contribution in [0, 0.1) is 17.8 Å². The number of hydrogen-bond donors (Lipinski definition) is 1. The quantitative estimate of drug-likeness (QED) is 0.759. The highest BCUT2D eigenvalue weighted by Crippen LogP contribution is 2.45. The lowest BCUT2D eigenvalue weighted by atomic mass is 9.76. The highest BCUT2D eigenvalue weighted by Gasteiger charge is 2.61. The normalized spacial score (nSPS) is 28.5. The molecule has 1 aliphatic carbocycles. The van der Waals surface area contributed by atoms with Gasteiger partial charge in [-0.1, -0.05) is 19.8 Å². The number of alkyl halides is 6. The SMILES string of the molecule is CC1CCCC(C(O)C(C(F)(F)F)C(F)(F)F)C1. The first-order valence-electron chi connectivity index (χ1n) is 5.85. The first-order valence-corrected chi connectivity index (χ1v) is 5.85. The summed E-state index contributed by atoms with van der Waals surface area (Å²) in [4.78, 5) is 0. The van der Waals surface area contributed by atoms with Crippen LogP contribution in [0.3, 0.4) is 0 Å². The van der Waals surface area contributed by atoms with Gasteiger partial charge >= 0.3 is 12.4 Å². The van der Waals surface area contributed by atoms with E-state index in [9.17, 15) is 31.4 Å². The topological polar surface area (TPSA) is 20.2 Å². The van der Waals surface area contributed by atoms with Crippen molar-refractivity contribution in [2.45, 2.75) is 51.1 Å². The second-order valence-corrected chi connectivity index (χ2v) is 5.08. The lowest BCUT2D eigenvalue weighted by molar-refractivity contribution is -0.312. The Balaban J connectivity index is 2.86. The van der Waals surface area contributed by atoms with Crippen molar-refractivity contribution >= 4 is 0 Å². The van der Waals surface area contributed by atoms with Crippen LogP contribution in [-0.4, -0.2) is 23.6 Å². The van der Waals surface area contributed by atoms with Crippen molar-refractivity contribution in [2.24, 2.45) is 17.8 Å². The van der Waals surface area contributed by atoms with Crippen molar-refractivity contribution in [3.63, 3.8) is 0 Å². The van der Waals surface area contributed by atoms with Gasteiger partial charge in [0.15, 0.2) is 5.92 Å². The third-order valence-corrected chi connectivity index (χ3v) is 3.51. The van der Waals surface area contributed by atoms with Crippen LogP contribution in [0.1, 0.15) is 32.6 Å². The average molecular weight is 278 g/mol. The second-order valence-electron chi connectivity index (χ2n) is 5.08. The Bertz CT molecular complexity index is 258. The minimum absolute atomic E-state index is 0.0560. The van der Waals surface area contributed by atoms with Crippen LogP contribution in [0.4, 0.5) is 26.3 Å². The molecule has 1 fully saturated rings. The van der Waals surface area contributed by atoms with Crippen molar-refractivity contribution < 1.29 is 31.4 Å². The molecule has 0 aliphatic heterocycles. The van der Waals surface area contributed by atoms with Crippen LogP contribution in [0.25, 0.3) is 0 Å². The van der Waals surface area contributed by atoms with Gasteiger partial charge in [-0.15, -0.1) is 0 Å². The summed E-state index contributed by atoms with van der Waals surface area (Å²) in [5.74, 6) is -4.51. The largest absolute Gasteiger partial charge is 0.403 e. The van der Waals surface area contributed by atoms with Gasteiger partial charge in [0, 0.05) is 0 Å². The molecule has 0 aromatic carbocycles. The predicted octanol–water partition coefficient (Wildman–Crippen LogP) is 3.91. The summed E-state index contributed by atoms with van der Waals surface area (Å²) in [6.07, 6.45) is -11.5. The van der Waals surface area contributed by atoms with E-state index in [4.69, 9.17) is 0 Å². The molecule has 3 atom stereocenters. The van der Waals surface area contributed by atoms with Crippen LogP contribution < -0.4 is 0 Å². The molecular formula is C11H16F6O. The third kappa shape index (κ3) is 3.76. The summed E-state index contributed by atoms with van der Waals surface area (Å²) >= 11 is 0. The molecule has 108 valence electrons. The maximum Gasteiger partial charge on any atom is 0.403 e. The Morgan fingerprint density at radius 2 is 1.50 bits per heavy atom. The monoisotopic (exact) mass is 278 g/mol. The van der Waals surface area contributed by atoms with Gasteiger partial charge < -0.3 is 5.11 Å². The van der Waals surface area contributed by atoms with Gasteiger partial charge in [0.1, 0.15) is 0 Å². The second kappa shape index (κ2) is 5.27.